The molecule has 1 fully saturated rings. The molecule has 1 aromatic rings. The number of hydrogen-bond donors (Lipinski definition) is 0. The first-order chi connectivity index (χ1) is 12.6. The van der Waals surface area contributed by atoms with Gasteiger partial charge in [0.1, 0.15) is 5.82 Å². The highest BCUT2D eigenvalue weighted by molar-refractivity contribution is 5.79. The highest BCUT2D eigenvalue weighted by Crippen LogP contribution is 2.23. The SMILES string of the molecule is CCC(CC)N(CCOC)C(=O)C1CCCN(Cc2cccc(F)c2)C1. The predicted molar refractivity (Wildman–Crippen MR) is 102 cm³/mol. The lowest BCUT2D eigenvalue weighted by atomic mass is 9.94. The van der Waals surface area contributed by atoms with E-state index in [2.05, 4.69) is 18.7 Å². The molecule has 1 aliphatic rings. The van der Waals surface area contributed by atoms with E-state index < -0.39 is 0 Å². The first-order valence-electron chi connectivity index (χ1n) is 9.85. The van der Waals surface area contributed by atoms with Crippen LogP contribution >= 0.6 is 0 Å². The topological polar surface area (TPSA) is 32.8 Å². The number of carbonyl (C=O) groups is 1. The zero-order valence-electron chi connectivity index (χ0n) is 16.4. The fourth-order valence-electron chi connectivity index (χ4n) is 3.92. The number of rotatable bonds is 9. The van der Waals surface area contributed by atoms with Crippen LogP contribution in [0.1, 0.15) is 45.1 Å². The smallest absolute Gasteiger partial charge is 0.227 e. The number of carbonyl (C=O) groups excluding carboxylic acids is 1. The van der Waals surface area contributed by atoms with Crippen LogP contribution in [0, 0.1) is 11.7 Å². The molecular weight excluding hydrogens is 331 g/mol. The summed E-state index contributed by atoms with van der Waals surface area (Å²) in [7, 11) is 1.68. The van der Waals surface area contributed by atoms with Crippen molar-refractivity contribution in [1.82, 2.24) is 9.80 Å². The maximum Gasteiger partial charge on any atom is 0.227 e. The van der Waals surface area contributed by atoms with Crippen molar-refractivity contribution in [2.24, 2.45) is 5.92 Å². The number of ether oxygens (including phenoxy) is 1. The van der Waals surface area contributed by atoms with Gasteiger partial charge in [-0.2, -0.15) is 0 Å². The van der Waals surface area contributed by atoms with Crippen molar-refractivity contribution < 1.29 is 13.9 Å². The molecule has 2 rings (SSSR count). The molecule has 0 saturated carbocycles. The molecule has 0 bridgehead atoms. The van der Waals surface area contributed by atoms with E-state index >= 15 is 0 Å². The fraction of sp³-hybridized carbons (Fsp3) is 0.667. The summed E-state index contributed by atoms with van der Waals surface area (Å²) in [4.78, 5) is 17.5. The zero-order valence-corrected chi connectivity index (χ0v) is 16.4. The molecule has 0 spiro atoms. The van der Waals surface area contributed by atoms with Crippen LogP contribution in [0.15, 0.2) is 24.3 Å². The van der Waals surface area contributed by atoms with Crippen molar-refractivity contribution in [2.45, 2.75) is 52.1 Å². The summed E-state index contributed by atoms with van der Waals surface area (Å²) < 4.78 is 18.6. The molecular formula is C21H33FN2O2. The second-order valence-electron chi connectivity index (χ2n) is 7.20. The van der Waals surface area contributed by atoms with E-state index in [0.29, 0.717) is 19.7 Å². The van der Waals surface area contributed by atoms with Crippen molar-refractivity contribution in [2.75, 3.05) is 33.4 Å². The molecule has 1 aromatic carbocycles. The molecule has 1 aliphatic heterocycles. The Hall–Kier alpha value is -1.46. The lowest BCUT2D eigenvalue weighted by molar-refractivity contribution is -0.140. The molecule has 1 saturated heterocycles. The van der Waals surface area contributed by atoms with Gasteiger partial charge in [0, 0.05) is 32.8 Å². The minimum Gasteiger partial charge on any atom is -0.383 e. The van der Waals surface area contributed by atoms with E-state index in [0.717, 1.165) is 44.3 Å². The van der Waals surface area contributed by atoms with Gasteiger partial charge < -0.3 is 9.64 Å². The summed E-state index contributed by atoms with van der Waals surface area (Å²) in [5, 5.41) is 0. The molecule has 1 unspecified atom stereocenters. The first kappa shape index (κ1) is 20.8. The van der Waals surface area contributed by atoms with Crippen LogP contribution in [-0.2, 0) is 16.1 Å². The maximum absolute atomic E-state index is 13.4. The Bertz CT molecular complexity index is 563. The van der Waals surface area contributed by atoms with Crippen molar-refractivity contribution >= 4 is 5.91 Å². The highest BCUT2D eigenvalue weighted by Gasteiger charge is 2.31. The van der Waals surface area contributed by atoms with Gasteiger partial charge in [0.15, 0.2) is 0 Å². The number of methoxy groups -OCH3 is 1. The van der Waals surface area contributed by atoms with Crippen molar-refractivity contribution in [1.29, 1.82) is 0 Å². The molecule has 26 heavy (non-hydrogen) atoms. The fourth-order valence-corrected chi connectivity index (χ4v) is 3.92. The van der Waals surface area contributed by atoms with Gasteiger partial charge in [0.2, 0.25) is 5.91 Å². The lowest BCUT2D eigenvalue weighted by Gasteiger charge is -2.38. The molecule has 146 valence electrons. The van der Waals surface area contributed by atoms with Crippen molar-refractivity contribution in [3.8, 4) is 0 Å². The summed E-state index contributed by atoms with van der Waals surface area (Å²) in [5.41, 5.74) is 0.967. The summed E-state index contributed by atoms with van der Waals surface area (Å²) in [5.74, 6) is 0.0704. The second kappa shape index (κ2) is 10.6. The molecule has 0 N–H and O–H groups in total. The monoisotopic (exact) mass is 364 g/mol. The Morgan fingerprint density at radius 2 is 2.15 bits per heavy atom. The number of amides is 1. The van der Waals surface area contributed by atoms with Crippen LogP contribution < -0.4 is 0 Å². The van der Waals surface area contributed by atoms with Gasteiger partial charge >= 0.3 is 0 Å². The van der Waals surface area contributed by atoms with Gasteiger partial charge in [-0.05, 0) is 49.9 Å². The Kier molecular flexibility index (Phi) is 8.52. The zero-order chi connectivity index (χ0) is 18.9. The van der Waals surface area contributed by atoms with Crippen LogP contribution in [0.4, 0.5) is 4.39 Å². The van der Waals surface area contributed by atoms with Gasteiger partial charge in [-0.1, -0.05) is 26.0 Å². The highest BCUT2D eigenvalue weighted by atomic mass is 19.1. The third kappa shape index (κ3) is 5.78. The van der Waals surface area contributed by atoms with Crippen molar-refractivity contribution in [3.63, 3.8) is 0 Å². The van der Waals surface area contributed by atoms with Crippen LogP contribution in [0.2, 0.25) is 0 Å². The molecule has 1 heterocycles. The number of likely N-dealkylation sites (tertiary alicyclic amines) is 1. The van der Waals surface area contributed by atoms with E-state index in [-0.39, 0.29) is 23.7 Å². The van der Waals surface area contributed by atoms with Gasteiger partial charge in [0.05, 0.1) is 12.5 Å². The van der Waals surface area contributed by atoms with E-state index in [1.165, 1.54) is 6.07 Å². The normalized spacial score (nSPS) is 18.3. The van der Waals surface area contributed by atoms with E-state index in [4.69, 9.17) is 4.74 Å². The quantitative estimate of drug-likeness (QED) is 0.670. The molecule has 0 aliphatic carbocycles. The summed E-state index contributed by atoms with van der Waals surface area (Å²) in [6.45, 7) is 7.91. The number of benzene rings is 1. The van der Waals surface area contributed by atoms with Gasteiger partial charge in [-0.3, -0.25) is 9.69 Å². The molecule has 1 atom stereocenters. The third-order valence-corrected chi connectivity index (χ3v) is 5.35. The number of piperidine rings is 1. The van der Waals surface area contributed by atoms with Crippen LogP contribution in [0.25, 0.3) is 0 Å². The molecule has 1 amide bonds. The first-order valence-corrected chi connectivity index (χ1v) is 9.85. The third-order valence-electron chi connectivity index (χ3n) is 5.35. The van der Waals surface area contributed by atoms with Crippen LogP contribution in [0.3, 0.4) is 0 Å². The molecule has 5 heteroatoms. The summed E-state index contributed by atoms with van der Waals surface area (Å²) in [6, 6.07) is 7.02. The van der Waals surface area contributed by atoms with Crippen LogP contribution in [0.5, 0.6) is 0 Å². The Morgan fingerprint density at radius 1 is 1.38 bits per heavy atom. The Morgan fingerprint density at radius 3 is 2.81 bits per heavy atom. The summed E-state index contributed by atoms with van der Waals surface area (Å²) in [6.07, 6.45) is 3.87. The lowest BCUT2D eigenvalue weighted by Crippen LogP contribution is -2.49. The van der Waals surface area contributed by atoms with E-state index in [1.807, 2.05) is 11.0 Å². The molecule has 0 radical (unpaired) electrons. The Labute approximate surface area is 157 Å². The molecule has 4 nitrogen and oxygen atoms in total. The Balaban J connectivity index is 2.02. The van der Waals surface area contributed by atoms with E-state index in [9.17, 15) is 9.18 Å². The predicted octanol–water partition coefficient (Wildman–Crippen LogP) is 3.70. The van der Waals surface area contributed by atoms with Gasteiger partial charge in [-0.15, -0.1) is 0 Å². The number of nitrogens with zero attached hydrogens (tertiary/aromatic N) is 2. The second-order valence-corrected chi connectivity index (χ2v) is 7.20. The van der Waals surface area contributed by atoms with Gasteiger partial charge in [0.25, 0.3) is 0 Å². The largest absolute Gasteiger partial charge is 0.383 e. The summed E-state index contributed by atoms with van der Waals surface area (Å²) >= 11 is 0. The minimum absolute atomic E-state index is 0.0229. The number of hydrogen-bond acceptors (Lipinski definition) is 3. The maximum atomic E-state index is 13.4. The average Bonchev–Trinajstić information content (AvgIpc) is 2.65. The average molecular weight is 365 g/mol. The van der Waals surface area contributed by atoms with Crippen LogP contribution in [-0.4, -0.2) is 55.1 Å². The van der Waals surface area contributed by atoms with E-state index in [1.54, 1.807) is 19.2 Å². The molecule has 0 aromatic heterocycles. The number of halogens is 1. The standard InChI is InChI=1S/C21H33FN2O2/c1-4-20(5-2)24(12-13-26-3)21(25)18-9-7-11-23(16-18)15-17-8-6-10-19(22)14-17/h6,8,10,14,18,20H,4-5,7,9,11-13,15-16H2,1-3H3. The van der Waals surface area contributed by atoms with Gasteiger partial charge in [-0.25, -0.2) is 4.39 Å². The van der Waals surface area contributed by atoms with Crippen molar-refractivity contribution in [3.05, 3.63) is 35.6 Å². The minimum atomic E-state index is -0.202.